The van der Waals surface area contributed by atoms with Gasteiger partial charge in [-0.1, -0.05) is 25.4 Å². The lowest BCUT2D eigenvalue weighted by Gasteiger charge is -2.12. The minimum atomic E-state index is -0.415. The van der Waals surface area contributed by atoms with Crippen molar-refractivity contribution in [3.63, 3.8) is 0 Å². The Bertz CT molecular complexity index is 275. The Morgan fingerprint density at radius 1 is 1.64 bits per heavy atom. The molecule has 14 heavy (non-hydrogen) atoms. The first-order valence-electron chi connectivity index (χ1n) is 4.67. The molecule has 2 unspecified atom stereocenters. The van der Waals surface area contributed by atoms with E-state index in [1.165, 1.54) is 11.3 Å². The molecule has 1 aromatic heterocycles. The van der Waals surface area contributed by atoms with Crippen LogP contribution < -0.4 is 0 Å². The maximum atomic E-state index is 9.84. The quantitative estimate of drug-likeness (QED) is 0.854. The van der Waals surface area contributed by atoms with Gasteiger partial charge in [0.1, 0.15) is 0 Å². The standard InChI is InChI=1S/C10H15ClOS2/c1-3-7(2)14-6-9(12)10-8(11)4-5-13-10/h4-5,7,9,12H,3,6H2,1-2H3. The zero-order valence-corrected chi connectivity index (χ0v) is 10.8. The fourth-order valence-corrected chi connectivity index (χ4v) is 3.18. The number of thioether (sulfide) groups is 1. The molecule has 0 amide bonds. The van der Waals surface area contributed by atoms with Crippen LogP contribution in [0, 0.1) is 0 Å². The van der Waals surface area contributed by atoms with E-state index in [1.807, 2.05) is 11.4 Å². The monoisotopic (exact) mass is 250 g/mol. The maximum Gasteiger partial charge on any atom is 0.0987 e. The van der Waals surface area contributed by atoms with Crippen molar-refractivity contribution in [2.45, 2.75) is 31.6 Å². The van der Waals surface area contributed by atoms with Crippen LogP contribution in [0.4, 0.5) is 0 Å². The van der Waals surface area contributed by atoms with E-state index in [2.05, 4.69) is 13.8 Å². The molecule has 1 rings (SSSR count). The lowest BCUT2D eigenvalue weighted by molar-refractivity contribution is 0.208. The Morgan fingerprint density at radius 2 is 2.36 bits per heavy atom. The van der Waals surface area contributed by atoms with Gasteiger partial charge in [0, 0.05) is 11.0 Å². The summed E-state index contributed by atoms with van der Waals surface area (Å²) in [5.74, 6) is 0.731. The highest BCUT2D eigenvalue weighted by Crippen LogP contribution is 2.31. The molecule has 1 N–H and O–H groups in total. The van der Waals surface area contributed by atoms with Crippen molar-refractivity contribution in [1.29, 1.82) is 0 Å². The van der Waals surface area contributed by atoms with Gasteiger partial charge in [-0.25, -0.2) is 0 Å². The van der Waals surface area contributed by atoms with Gasteiger partial charge in [-0.15, -0.1) is 11.3 Å². The second-order valence-corrected chi connectivity index (χ2v) is 6.03. The van der Waals surface area contributed by atoms with Crippen molar-refractivity contribution in [2.75, 3.05) is 5.75 Å². The maximum absolute atomic E-state index is 9.84. The van der Waals surface area contributed by atoms with Crippen LogP contribution >= 0.6 is 34.7 Å². The molecule has 0 aliphatic rings. The van der Waals surface area contributed by atoms with Crippen LogP contribution in [0.15, 0.2) is 11.4 Å². The van der Waals surface area contributed by atoms with Gasteiger partial charge < -0.3 is 5.11 Å². The average molecular weight is 251 g/mol. The smallest absolute Gasteiger partial charge is 0.0987 e. The third-order valence-corrected chi connectivity index (χ3v) is 4.93. The summed E-state index contributed by atoms with van der Waals surface area (Å²) in [6.45, 7) is 4.33. The number of rotatable bonds is 5. The van der Waals surface area contributed by atoms with E-state index >= 15 is 0 Å². The summed E-state index contributed by atoms with van der Waals surface area (Å²) in [5, 5.41) is 13.0. The van der Waals surface area contributed by atoms with Crippen LogP contribution in [-0.4, -0.2) is 16.1 Å². The van der Waals surface area contributed by atoms with E-state index in [0.29, 0.717) is 10.3 Å². The van der Waals surface area contributed by atoms with Crippen molar-refractivity contribution in [1.82, 2.24) is 0 Å². The fourth-order valence-electron chi connectivity index (χ4n) is 0.992. The summed E-state index contributed by atoms with van der Waals surface area (Å²) in [6.07, 6.45) is 0.719. The molecule has 2 atom stereocenters. The Balaban J connectivity index is 2.43. The van der Waals surface area contributed by atoms with Crippen molar-refractivity contribution in [2.24, 2.45) is 0 Å². The van der Waals surface area contributed by atoms with E-state index in [-0.39, 0.29) is 0 Å². The number of hydrogen-bond donors (Lipinski definition) is 1. The zero-order chi connectivity index (χ0) is 10.6. The van der Waals surface area contributed by atoms with Crippen LogP contribution in [0.3, 0.4) is 0 Å². The summed E-state index contributed by atoms with van der Waals surface area (Å²) in [7, 11) is 0. The molecular weight excluding hydrogens is 236 g/mol. The molecule has 4 heteroatoms. The molecule has 1 heterocycles. The molecule has 80 valence electrons. The SMILES string of the molecule is CCC(C)SCC(O)c1sccc1Cl. The number of halogens is 1. The Labute approximate surface area is 98.5 Å². The summed E-state index contributed by atoms with van der Waals surface area (Å²) in [4.78, 5) is 0.891. The summed E-state index contributed by atoms with van der Waals surface area (Å²) >= 11 is 9.24. The fraction of sp³-hybridized carbons (Fsp3) is 0.600. The zero-order valence-electron chi connectivity index (χ0n) is 8.37. The Kier molecular flexibility index (Phi) is 5.31. The van der Waals surface area contributed by atoms with E-state index in [9.17, 15) is 5.11 Å². The predicted octanol–water partition coefficient (Wildman–Crippen LogP) is 3.97. The van der Waals surface area contributed by atoms with Crippen molar-refractivity contribution < 1.29 is 5.11 Å². The topological polar surface area (TPSA) is 20.2 Å². The second-order valence-electron chi connectivity index (χ2n) is 3.20. The number of aliphatic hydroxyl groups excluding tert-OH is 1. The number of aliphatic hydroxyl groups is 1. The summed E-state index contributed by atoms with van der Waals surface area (Å²) < 4.78 is 0. The number of hydrogen-bond acceptors (Lipinski definition) is 3. The highest BCUT2D eigenvalue weighted by Gasteiger charge is 2.14. The van der Waals surface area contributed by atoms with E-state index in [4.69, 9.17) is 11.6 Å². The average Bonchev–Trinajstić information content (AvgIpc) is 2.60. The van der Waals surface area contributed by atoms with Gasteiger partial charge in [-0.05, 0) is 17.9 Å². The molecule has 0 fully saturated rings. The first kappa shape index (κ1) is 12.4. The lowest BCUT2D eigenvalue weighted by atomic mass is 10.3. The molecular formula is C10H15ClOS2. The highest BCUT2D eigenvalue weighted by molar-refractivity contribution is 7.99. The molecule has 1 nitrogen and oxygen atoms in total. The van der Waals surface area contributed by atoms with Gasteiger partial charge >= 0.3 is 0 Å². The Morgan fingerprint density at radius 3 is 2.86 bits per heavy atom. The van der Waals surface area contributed by atoms with E-state index in [0.717, 1.165) is 17.1 Å². The molecule has 0 aliphatic heterocycles. The van der Waals surface area contributed by atoms with Crippen LogP contribution in [-0.2, 0) is 0 Å². The second kappa shape index (κ2) is 6.01. The van der Waals surface area contributed by atoms with Crippen LogP contribution in [0.25, 0.3) is 0 Å². The molecule has 1 aromatic rings. The minimum absolute atomic E-state index is 0.415. The predicted molar refractivity (Wildman–Crippen MR) is 66.5 cm³/mol. The van der Waals surface area contributed by atoms with Crippen LogP contribution in [0.5, 0.6) is 0 Å². The van der Waals surface area contributed by atoms with Gasteiger partial charge in [0.2, 0.25) is 0 Å². The highest BCUT2D eigenvalue weighted by atomic mass is 35.5. The van der Waals surface area contributed by atoms with E-state index < -0.39 is 6.10 Å². The minimum Gasteiger partial charge on any atom is -0.387 e. The molecule has 0 radical (unpaired) electrons. The van der Waals surface area contributed by atoms with Crippen LogP contribution in [0.1, 0.15) is 31.2 Å². The summed E-state index contributed by atoms with van der Waals surface area (Å²) in [6, 6.07) is 1.83. The van der Waals surface area contributed by atoms with Gasteiger partial charge in [0.15, 0.2) is 0 Å². The molecule has 0 bridgehead atoms. The van der Waals surface area contributed by atoms with Crippen molar-refractivity contribution >= 4 is 34.7 Å². The van der Waals surface area contributed by atoms with Crippen molar-refractivity contribution in [3.05, 3.63) is 21.3 Å². The lowest BCUT2D eigenvalue weighted by Crippen LogP contribution is -2.03. The van der Waals surface area contributed by atoms with Gasteiger partial charge in [-0.3, -0.25) is 0 Å². The molecule has 0 saturated heterocycles. The van der Waals surface area contributed by atoms with Gasteiger partial charge in [-0.2, -0.15) is 11.8 Å². The molecule has 0 aromatic carbocycles. The van der Waals surface area contributed by atoms with E-state index in [1.54, 1.807) is 11.8 Å². The van der Waals surface area contributed by atoms with Crippen LogP contribution in [0.2, 0.25) is 5.02 Å². The first-order chi connectivity index (χ1) is 6.65. The molecule has 0 saturated carbocycles. The molecule has 0 spiro atoms. The molecule has 0 aliphatic carbocycles. The normalized spacial score (nSPS) is 15.4. The summed E-state index contributed by atoms with van der Waals surface area (Å²) in [5.41, 5.74) is 0. The third kappa shape index (κ3) is 3.46. The number of thiophene rings is 1. The largest absolute Gasteiger partial charge is 0.387 e. The first-order valence-corrected chi connectivity index (χ1v) is 6.98. The Hall–Kier alpha value is 0.300. The van der Waals surface area contributed by atoms with Gasteiger partial charge in [0.05, 0.1) is 16.0 Å². The van der Waals surface area contributed by atoms with Crippen molar-refractivity contribution in [3.8, 4) is 0 Å². The third-order valence-electron chi connectivity index (χ3n) is 2.06. The van der Waals surface area contributed by atoms with Gasteiger partial charge in [0.25, 0.3) is 0 Å².